The van der Waals surface area contributed by atoms with Crippen LogP contribution in [0.1, 0.15) is 18.7 Å². The molecule has 3 aromatic rings. The van der Waals surface area contributed by atoms with E-state index in [4.69, 9.17) is 4.52 Å². The summed E-state index contributed by atoms with van der Waals surface area (Å²) in [5.41, 5.74) is 1.56. The van der Waals surface area contributed by atoms with Crippen LogP contribution in [0.5, 0.6) is 0 Å². The lowest BCUT2D eigenvalue weighted by Crippen LogP contribution is -2.37. The minimum absolute atomic E-state index is 0.109. The molecule has 1 unspecified atom stereocenters. The Labute approximate surface area is 144 Å². The Morgan fingerprint density at radius 2 is 2.08 bits per heavy atom. The molecule has 0 saturated carbocycles. The van der Waals surface area contributed by atoms with Crippen molar-refractivity contribution in [1.82, 2.24) is 24.9 Å². The third-order valence-corrected chi connectivity index (χ3v) is 4.37. The van der Waals surface area contributed by atoms with Gasteiger partial charge >= 0.3 is 6.01 Å². The number of hydrogen-bond donors (Lipinski definition) is 0. The first kappa shape index (κ1) is 15.5. The van der Waals surface area contributed by atoms with Crippen molar-refractivity contribution in [3.05, 3.63) is 52.8 Å². The summed E-state index contributed by atoms with van der Waals surface area (Å²) in [6.07, 6.45) is 5.39. The zero-order valence-corrected chi connectivity index (χ0v) is 13.9. The fourth-order valence-corrected chi connectivity index (χ4v) is 3.14. The lowest BCUT2D eigenvalue weighted by atomic mass is 10.2. The van der Waals surface area contributed by atoms with E-state index in [-0.39, 0.29) is 11.6 Å². The van der Waals surface area contributed by atoms with Crippen LogP contribution in [0.3, 0.4) is 0 Å². The van der Waals surface area contributed by atoms with Crippen LogP contribution in [-0.4, -0.2) is 37.5 Å². The average molecular weight is 338 g/mol. The number of aromatic nitrogens is 5. The number of hydrogen-bond acceptors (Lipinski definition) is 7. The van der Waals surface area contributed by atoms with Gasteiger partial charge in [0.15, 0.2) is 5.82 Å². The van der Waals surface area contributed by atoms with E-state index in [0.29, 0.717) is 18.4 Å². The molecular formula is C17H18N6O2. The fourth-order valence-electron chi connectivity index (χ4n) is 3.14. The van der Waals surface area contributed by atoms with Gasteiger partial charge in [0.2, 0.25) is 0 Å². The van der Waals surface area contributed by atoms with Crippen molar-refractivity contribution in [2.75, 3.05) is 11.4 Å². The Morgan fingerprint density at radius 1 is 1.24 bits per heavy atom. The topological polar surface area (TPSA) is 89.9 Å². The zero-order chi connectivity index (χ0) is 17.2. The molecule has 0 bridgehead atoms. The van der Waals surface area contributed by atoms with Gasteiger partial charge in [-0.3, -0.25) is 9.78 Å². The van der Waals surface area contributed by atoms with Crippen molar-refractivity contribution >= 4 is 6.01 Å². The van der Waals surface area contributed by atoms with Crippen LogP contribution in [0, 0.1) is 6.92 Å². The summed E-state index contributed by atoms with van der Waals surface area (Å²) >= 11 is 0. The van der Waals surface area contributed by atoms with Gasteiger partial charge in [0.1, 0.15) is 0 Å². The monoisotopic (exact) mass is 338 g/mol. The summed E-state index contributed by atoms with van der Waals surface area (Å²) in [5.74, 6) is 0.607. The van der Waals surface area contributed by atoms with E-state index in [9.17, 15) is 4.79 Å². The molecule has 8 heteroatoms. The molecule has 128 valence electrons. The second-order valence-corrected chi connectivity index (χ2v) is 6.09. The molecule has 1 aliphatic rings. The van der Waals surface area contributed by atoms with Gasteiger partial charge in [-0.1, -0.05) is 5.16 Å². The molecule has 3 aromatic heterocycles. The predicted octanol–water partition coefficient (Wildman–Crippen LogP) is 1.67. The van der Waals surface area contributed by atoms with Gasteiger partial charge in [0.25, 0.3) is 5.56 Å². The maximum atomic E-state index is 12.3. The summed E-state index contributed by atoms with van der Waals surface area (Å²) in [4.78, 5) is 22.6. The molecule has 0 aromatic carbocycles. The largest absolute Gasteiger partial charge is 0.324 e. The number of anilines is 1. The lowest BCUT2D eigenvalue weighted by Gasteiger charge is -2.22. The van der Waals surface area contributed by atoms with Crippen LogP contribution in [-0.2, 0) is 6.54 Å². The van der Waals surface area contributed by atoms with Crippen LogP contribution in [0.4, 0.5) is 6.01 Å². The van der Waals surface area contributed by atoms with E-state index in [1.807, 2.05) is 12.1 Å². The van der Waals surface area contributed by atoms with Crippen LogP contribution in [0.2, 0.25) is 0 Å². The van der Waals surface area contributed by atoms with E-state index in [0.717, 1.165) is 30.6 Å². The van der Waals surface area contributed by atoms with Gasteiger partial charge in [0.05, 0.1) is 18.3 Å². The molecule has 4 heterocycles. The first-order valence-electron chi connectivity index (χ1n) is 8.26. The van der Waals surface area contributed by atoms with Gasteiger partial charge in [0, 0.05) is 30.6 Å². The number of nitrogens with zero attached hydrogens (tertiary/aromatic N) is 6. The maximum Gasteiger partial charge on any atom is 0.324 e. The van der Waals surface area contributed by atoms with Crippen molar-refractivity contribution < 1.29 is 4.52 Å². The van der Waals surface area contributed by atoms with Crippen molar-refractivity contribution in [1.29, 1.82) is 0 Å². The van der Waals surface area contributed by atoms with Crippen molar-refractivity contribution in [3.8, 4) is 11.3 Å². The minimum Gasteiger partial charge on any atom is -0.320 e. The smallest absolute Gasteiger partial charge is 0.320 e. The molecule has 4 rings (SSSR count). The van der Waals surface area contributed by atoms with E-state index in [2.05, 4.69) is 25.1 Å². The predicted molar refractivity (Wildman–Crippen MR) is 91.1 cm³/mol. The summed E-state index contributed by atoms with van der Waals surface area (Å²) in [7, 11) is 0. The maximum absolute atomic E-state index is 12.3. The SMILES string of the molecule is Cc1noc(N2CCCC2Cn2nc(-c3ccncc3)ccc2=O)n1. The van der Waals surface area contributed by atoms with Crippen molar-refractivity contribution in [2.45, 2.75) is 32.4 Å². The second kappa shape index (κ2) is 6.46. The average Bonchev–Trinajstić information content (AvgIpc) is 3.26. The fraction of sp³-hybridized carbons (Fsp3) is 0.353. The molecule has 1 atom stereocenters. The molecule has 0 spiro atoms. The molecule has 1 aliphatic heterocycles. The molecule has 0 aliphatic carbocycles. The first-order chi connectivity index (χ1) is 12.2. The van der Waals surface area contributed by atoms with E-state index in [1.165, 1.54) is 4.68 Å². The van der Waals surface area contributed by atoms with Crippen LogP contribution in [0.15, 0.2) is 46.0 Å². The molecule has 25 heavy (non-hydrogen) atoms. The third-order valence-electron chi connectivity index (χ3n) is 4.37. The normalized spacial score (nSPS) is 17.2. The molecule has 0 amide bonds. The minimum atomic E-state index is -0.119. The lowest BCUT2D eigenvalue weighted by molar-refractivity contribution is 0.394. The highest BCUT2D eigenvalue weighted by Gasteiger charge is 2.29. The van der Waals surface area contributed by atoms with Crippen LogP contribution in [0.25, 0.3) is 11.3 Å². The summed E-state index contributed by atoms with van der Waals surface area (Å²) in [6, 6.07) is 7.66. The highest BCUT2D eigenvalue weighted by molar-refractivity contribution is 5.57. The number of rotatable bonds is 4. The summed E-state index contributed by atoms with van der Waals surface area (Å²) < 4.78 is 6.81. The quantitative estimate of drug-likeness (QED) is 0.714. The van der Waals surface area contributed by atoms with Gasteiger partial charge in [-0.2, -0.15) is 10.1 Å². The molecule has 0 N–H and O–H groups in total. The Kier molecular flexibility index (Phi) is 4.01. The van der Waals surface area contributed by atoms with Crippen LogP contribution >= 0.6 is 0 Å². The van der Waals surface area contributed by atoms with Crippen molar-refractivity contribution in [2.24, 2.45) is 0 Å². The molecule has 0 radical (unpaired) electrons. The Hall–Kier alpha value is -3.03. The number of pyridine rings is 1. The third kappa shape index (κ3) is 3.15. The van der Waals surface area contributed by atoms with E-state index >= 15 is 0 Å². The summed E-state index contributed by atoms with van der Waals surface area (Å²) in [6.45, 7) is 3.12. The zero-order valence-electron chi connectivity index (χ0n) is 13.9. The highest BCUT2D eigenvalue weighted by atomic mass is 16.5. The second-order valence-electron chi connectivity index (χ2n) is 6.09. The molecule has 8 nitrogen and oxygen atoms in total. The Morgan fingerprint density at radius 3 is 2.84 bits per heavy atom. The van der Waals surface area contributed by atoms with E-state index in [1.54, 1.807) is 31.5 Å². The van der Waals surface area contributed by atoms with E-state index < -0.39 is 0 Å². The molecule has 1 saturated heterocycles. The molecule has 1 fully saturated rings. The molecular weight excluding hydrogens is 320 g/mol. The first-order valence-corrected chi connectivity index (χ1v) is 8.26. The van der Waals surface area contributed by atoms with Gasteiger partial charge < -0.3 is 9.42 Å². The summed E-state index contributed by atoms with van der Waals surface area (Å²) in [5, 5.41) is 8.38. The number of aryl methyl sites for hydroxylation is 1. The van der Waals surface area contributed by atoms with Gasteiger partial charge in [-0.05, 0) is 38.0 Å². The highest BCUT2D eigenvalue weighted by Crippen LogP contribution is 2.24. The Balaban J connectivity index is 1.60. The van der Waals surface area contributed by atoms with Crippen molar-refractivity contribution in [3.63, 3.8) is 0 Å². The van der Waals surface area contributed by atoms with Crippen LogP contribution < -0.4 is 10.5 Å². The standard InChI is InChI=1S/C17H18N6O2/c1-12-19-17(25-21-12)22-10-2-3-14(22)11-23-16(24)5-4-15(20-23)13-6-8-18-9-7-13/h4-9,14H,2-3,10-11H2,1H3. The Bertz CT molecular complexity index is 920. The van der Waals surface area contributed by atoms with Gasteiger partial charge in [-0.15, -0.1) is 0 Å². The van der Waals surface area contributed by atoms with Gasteiger partial charge in [-0.25, -0.2) is 4.68 Å².